The fraction of sp³-hybridized carbons (Fsp3) is 0.571. The van der Waals surface area contributed by atoms with Crippen LogP contribution in [0.2, 0.25) is 10.0 Å². The smallest absolute Gasteiger partial charge is 0.0453 e. The van der Waals surface area contributed by atoms with Crippen molar-refractivity contribution >= 4 is 23.2 Å². The minimum atomic E-state index is 0.550. The van der Waals surface area contributed by atoms with Gasteiger partial charge in [-0.25, -0.2) is 0 Å². The molecule has 1 saturated carbocycles. The van der Waals surface area contributed by atoms with Crippen molar-refractivity contribution in [3.8, 4) is 0 Å². The molecule has 1 aromatic rings. The second-order valence-electron chi connectivity index (χ2n) is 4.98. The van der Waals surface area contributed by atoms with Crippen molar-refractivity contribution in [3.05, 3.63) is 33.8 Å². The topological polar surface area (TPSA) is 12.0 Å². The predicted molar refractivity (Wildman–Crippen MR) is 74.9 cm³/mol. The molecule has 94 valence electrons. The summed E-state index contributed by atoms with van der Waals surface area (Å²) in [5.41, 5.74) is 1.20. The number of hydrogen-bond acceptors (Lipinski definition) is 1. The molecule has 17 heavy (non-hydrogen) atoms. The van der Waals surface area contributed by atoms with Crippen molar-refractivity contribution < 1.29 is 0 Å². The Kier molecular flexibility index (Phi) is 4.35. The lowest BCUT2D eigenvalue weighted by Gasteiger charge is -2.18. The van der Waals surface area contributed by atoms with Crippen molar-refractivity contribution in [1.82, 2.24) is 5.32 Å². The molecule has 0 aromatic heterocycles. The van der Waals surface area contributed by atoms with Crippen LogP contribution in [-0.2, 0) is 6.42 Å². The fourth-order valence-corrected chi connectivity index (χ4v) is 2.96. The van der Waals surface area contributed by atoms with Gasteiger partial charge in [0, 0.05) is 16.1 Å². The van der Waals surface area contributed by atoms with Crippen LogP contribution in [-0.4, -0.2) is 12.6 Å². The molecule has 1 aromatic carbocycles. The van der Waals surface area contributed by atoms with E-state index in [1.165, 1.54) is 12.0 Å². The Morgan fingerprint density at radius 2 is 2.12 bits per heavy atom. The standard InChI is InChI=1S/C14H19Cl2N/c1-3-17-14(12-6-9(12)2)7-10-4-5-11(15)8-13(10)16/h4-5,8-9,12,14,17H,3,6-7H2,1-2H3. The van der Waals surface area contributed by atoms with E-state index >= 15 is 0 Å². The molecular weight excluding hydrogens is 253 g/mol. The third-order valence-electron chi connectivity index (χ3n) is 3.61. The largest absolute Gasteiger partial charge is 0.314 e. The van der Waals surface area contributed by atoms with Crippen molar-refractivity contribution in [2.24, 2.45) is 11.8 Å². The number of nitrogens with one attached hydrogen (secondary N) is 1. The summed E-state index contributed by atoms with van der Waals surface area (Å²) in [6.07, 6.45) is 2.34. The molecule has 3 unspecified atom stereocenters. The van der Waals surface area contributed by atoms with Gasteiger partial charge >= 0.3 is 0 Å². The number of benzene rings is 1. The van der Waals surface area contributed by atoms with Crippen LogP contribution in [0, 0.1) is 11.8 Å². The molecule has 1 aliphatic rings. The Balaban J connectivity index is 2.06. The maximum atomic E-state index is 6.22. The van der Waals surface area contributed by atoms with Gasteiger partial charge in [0.1, 0.15) is 0 Å². The van der Waals surface area contributed by atoms with Gasteiger partial charge in [0.25, 0.3) is 0 Å². The summed E-state index contributed by atoms with van der Waals surface area (Å²) in [4.78, 5) is 0. The highest BCUT2D eigenvalue weighted by Gasteiger charge is 2.39. The molecule has 1 fully saturated rings. The molecule has 0 heterocycles. The number of halogens is 2. The Bertz CT molecular complexity index is 392. The molecule has 2 rings (SSSR count). The van der Waals surface area contributed by atoms with Crippen molar-refractivity contribution in [2.45, 2.75) is 32.7 Å². The highest BCUT2D eigenvalue weighted by Crippen LogP contribution is 2.42. The van der Waals surface area contributed by atoms with Crippen LogP contribution in [0.1, 0.15) is 25.8 Å². The third kappa shape index (κ3) is 3.37. The van der Waals surface area contributed by atoms with Gasteiger partial charge in [-0.05, 0) is 48.9 Å². The quantitative estimate of drug-likeness (QED) is 0.848. The van der Waals surface area contributed by atoms with Gasteiger partial charge in [-0.3, -0.25) is 0 Å². The number of hydrogen-bond donors (Lipinski definition) is 1. The Hall–Kier alpha value is -0.240. The summed E-state index contributed by atoms with van der Waals surface area (Å²) in [6.45, 7) is 5.49. The first kappa shape index (κ1) is 13.2. The van der Waals surface area contributed by atoms with Crippen molar-refractivity contribution in [2.75, 3.05) is 6.54 Å². The van der Waals surface area contributed by atoms with Gasteiger partial charge in [-0.1, -0.05) is 43.1 Å². The van der Waals surface area contributed by atoms with E-state index in [1.54, 1.807) is 0 Å². The first-order valence-electron chi connectivity index (χ1n) is 6.29. The van der Waals surface area contributed by atoms with Gasteiger partial charge in [0.15, 0.2) is 0 Å². The van der Waals surface area contributed by atoms with Crippen LogP contribution in [0.4, 0.5) is 0 Å². The van der Waals surface area contributed by atoms with E-state index in [9.17, 15) is 0 Å². The number of likely N-dealkylation sites (N-methyl/N-ethyl adjacent to an activating group) is 1. The fourth-order valence-electron chi connectivity index (χ4n) is 2.47. The lowest BCUT2D eigenvalue weighted by Crippen LogP contribution is -2.33. The molecule has 0 radical (unpaired) electrons. The van der Waals surface area contributed by atoms with Crippen molar-refractivity contribution in [1.29, 1.82) is 0 Å². The first-order valence-corrected chi connectivity index (χ1v) is 7.04. The Morgan fingerprint density at radius 3 is 2.65 bits per heavy atom. The second kappa shape index (κ2) is 5.60. The molecular formula is C14H19Cl2N. The summed E-state index contributed by atoms with van der Waals surface area (Å²) < 4.78 is 0. The third-order valence-corrected chi connectivity index (χ3v) is 4.20. The van der Waals surface area contributed by atoms with Crippen LogP contribution in [0.15, 0.2) is 18.2 Å². The summed E-state index contributed by atoms with van der Waals surface area (Å²) in [6, 6.07) is 6.34. The molecule has 0 spiro atoms. The van der Waals surface area contributed by atoms with Gasteiger partial charge in [-0.2, -0.15) is 0 Å². The highest BCUT2D eigenvalue weighted by atomic mass is 35.5. The minimum absolute atomic E-state index is 0.550. The molecule has 0 saturated heterocycles. The second-order valence-corrected chi connectivity index (χ2v) is 5.82. The molecule has 1 nitrogen and oxygen atoms in total. The van der Waals surface area contributed by atoms with Gasteiger partial charge in [0.05, 0.1) is 0 Å². The lowest BCUT2D eigenvalue weighted by molar-refractivity contribution is 0.454. The maximum Gasteiger partial charge on any atom is 0.0453 e. The van der Waals surface area contributed by atoms with Crippen LogP contribution in [0.5, 0.6) is 0 Å². The average Bonchev–Trinajstić information content (AvgIpc) is 2.98. The monoisotopic (exact) mass is 271 g/mol. The summed E-state index contributed by atoms with van der Waals surface area (Å²) in [7, 11) is 0. The van der Waals surface area contributed by atoms with Gasteiger partial charge in [-0.15, -0.1) is 0 Å². The molecule has 1 aliphatic carbocycles. The van der Waals surface area contributed by atoms with Gasteiger partial charge < -0.3 is 5.32 Å². The first-order chi connectivity index (χ1) is 8.11. The average molecular weight is 272 g/mol. The van der Waals surface area contributed by atoms with E-state index in [4.69, 9.17) is 23.2 Å². The van der Waals surface area contributed by atoms with E-state index in [2.05, 4.69) is 19.2 Å². The normalized spacial score (nSPS) is 24.7. The van der Waals surface area contributed by atoms with E-state index < -0.39 is 0 Å². The van der Waals surface area contributed by atoms with E-state index in [0.29, 0.717) is 11.1 Å². The zero-order valence-electron chi connectivity index (χ0n) is 10.3. The molecule has 0 amide bonds. The highest BCUT2D eigenvalue weighted by molar-refractivity contribution is 6.35. The predicted octanol–water partition coefficient (Wildman–Crippen LogP) is 4.17. The van der Waals surface area contributed by atoms with Crippen LogP contribution < -0.4 is 5.32 Å². The summed E-state index contributed by atoms with van der Waals surface area (Å²) >= 11 is 12.1. The Labute approximate surface area is 114 Å². The summed E-state index contributed by atoms with van der Waals surface area (Å²) in [5.74, 6) is 1.66. The van der Waals surface area contributed by atoms with E-state index in [-0.39, 0.29) is 0 Å². The van der Waals surface area contributed by atoms with Crippen LogP contribution in [0.25, 0.3) is 0 Å². The lowest BCUT2D eigenvalue weighted by atomic mass is 10.0. The zero-order chi connectivity index (χ0) is 12.4. The van der Waals surface area contributed by atoms with E-state index in [1.807, 2.05) is 18.2 Å². The van der Waals surface area contributed by atoms with E-state index in [0.717, 1.165) is 29.8 Å². The molecule has 0 aliphatic heterocycles. The maximum absolute atomic E-state index is 6.22. The summed E-state index contributed by atoms with van der Waals surface area (Å²) in [5, 5.41) is 5.07. The van der Waals surface area contributed by atoms with Crippen LogP contribution in [0.3, 0.4) is 0 Å². The van der Waals surface area contributed by atoms with Gasteiger partial charge in [0.2, 0.25) is 0 Å². The molecule has 3 atom stereocenters. The van der Waals surface area contributed by atoms with Crippen LogP contribution >= 0.6 is 23.2 Å². The SMILES string of the molecule is CCNC(Cc1ccc(Cl)cc1Cl)C1CC1C. The van der Waals surface area contributed by atoms with Crippen molar-refractivity contribution in [3.63, 3.8) is 0 Å². The zero-order valence-corrected chi connectivity index (χ0v) is 11.9. The Morgan fingerprint density at radius 1 is 1.41 bits per heavy atom. The minimum Gasteiger partial charge on any atom is -0.314 e. The number of rotatable bonds is 5. The molecule has 0 bridgehead atoms. The molecule has 3 heteroatoms. The molecule has 1 N–H and O–H groups in total.